The van der Waals surface area contributed by atoms with Gasteiger partial charge < -0.3 is 10.8 Å². The van der Waals surface area contributed by atoms with Crippen LogP contribution in [0.1, 0.15) is 29.2 Å². The quantitative estimate of drug-likeness (QED) is 0.844. The Morgan fingerprint density at radius 1 is 1.33 bits per heavy atom. The van der Waals surface area contributed by atoms with Crippen LogP contribution in [0, 0.1) is 13.8 Å². The van der Waals surface area contributed by atoms with Crippen LogP contribution in [-0.2, 0) is 0 Å². The Morgan fingerprint density at radius 3 is 2.20 bits per heavy atom. The van der Waals surface area contributed by atoms with Crippen molar-refractivity contribution in [3.63, 3.8) is 0 Å². The molecule has 0 aliphatic rings. The van der Waals surface area contributed by atoms with Crippen molar-refractivity contribution in [1.29, 1.82) is 0 Å². The average molecular weight is 234 g/mol. The molecule has 0 saturated carbocycles. The van der Waals surface area contributed by atoms with Gasteiger partial charge in [-0.1, -0.05) is 12.1 Å². The van der Waals surface area contributed by atoms with Crippen molar-refractivity contribution in [2.24, 2.45) is 5.73 Å². The Morgan fingerprint density at radius 2 is 1.80 bits per heavy atom. The fourth-order valence-electron chi connectivity index (χ4n) is 1.49. The molecule has 15 heavy (non-hydrogen) atoms. The number of aromatic hydroxyl groups is 1. The topological polar surface area (TPSA) is 46.2 Å². The van der Waals surface area contributed by atoms with Crippen LogP contribution in [0.15, 0.2) is 12.1 Å². The standard InChI is InChI=1S/C11H16FNO.ClH/c1-7-5-9(10(13)3-4-12)6-8(2)11(7)14;/h5-6,10,14H,3-4,13H2,1-2H3;1H/t10-;/m0./s1. The molecular weight excluding hydrogens is 217 g/mol. The fourth-order valence-corrected chi connectivity index (χ4v) is 1.49. The van der Waals surface area contributed by atoms with E-state index in [4.69, 9.17) is 5.73 Å². The van der Waals surface area contributed by atoms with E-state index < -0.39 is 6.67 Å². The van der Waals surface area contributed by atoms with Crippen LogP contribution in [0.5, 0.6) is 5.75 Å². The van der Waals surface area contributed by atoms with Crippen LogP contribution in [0.4, 0.5) is 4.39 Å². The second-order valence-electron chi connectivity index (χ2n) is 3.59. The fraction of sp³-hybridized carbons (Fsp3) is 0.455. The minimum atomic E-state index is -0.417. The minimum absolute atomic E-state index is 0. The van der Waals surface area contributed by atoms with Gasteiger partial charge in [0.1, 0.15) is 5.75 Å². The molecule has 0 fully saturated rings. The Labute approximate surface area is 95.7 Å². The molecule has 0 heterocycles. The highest BCUT2D eigenvalue weighted by Gasteiger charge is 2.09. The first kappa shape index (κ1) is 14.2. The molecule has 0 aliphatic carbocycles. The predicted molar refractivity (Wildman–Crippen MR) is 62.3 cm³/mol. The van der Waals surface area contributed by atoms with Crippen LogP contribution in [-0.4, -0.2) is 11.8 Å². The second-order valence-corrected chi connectivity index (χ2v) is 3.59. The number of phenols is 1. The van der Waals surface area contributed by atoms with Gasteiger partial charge in [0.15, 0.2) is 0 Å². The van der Waals surface area contributed by atoms with E-state index in [0.717, 1.165) is 16.7 Å². The van der Waals surface area contributed by atoms with Crippen molar-refractivity contribution in [2.75, 3.05) is 6.67 Å². The first-order valence-electron chi connectivity index (χ1n) is 4.68. The molecule has 0 saturated heterocycles. The van der Waals surface area contributed by atoms with Gasteiger partial charge >= 0.3 is 0 Å². The summed E-state index contributed by atoms with van der Waals surface area (Å²) in [5.41, 5.74) is 8.23. The summed E-state index contributed by atoms with van der Waals surface area (Å²) in [4.78, 5) is 0. The molecule has 86 valence electrons. The summed E-state index contributed by atoms with van der Waals surface area (Å²) >= 11 is 0. The smallest absolute Gasteiger partial charge is 0.121 e. The van der Waals surface area contributed by atoms with Gasteiger partial charge in [0.05, 0.1) is 6.67 Å². The summed E-state index contributed by atoms with van der Waals surface area (Å²) in [6.45, 7) is 3.21. The molecule has 0 aromatic heterocycles. The van der Waals surface area contributed by atoms with E-state index >= 15 is 0 Å². The molecule has 0 radical (unpaired) electrons. The predicted octanol–water partition coefficient (Wildman–Crippen LogP) is 2.79. The summed E-state index contributed by atoms with van der Waals surface area (Å²) in [5, 5.41) is 9.53. The SMILES string of the molecule is Cc1cc([C@@H](N)CCF)cc(C)c1O.Cl. The summed E-state index contributed by atoms with van der Waals surface area (Å²) in [6, 6.07) is 3.34. The molecule has 3 N–H and O–H groups in total. The maximum absolute atomic E-state index is 12.1. The van der Waals surface area contributed by atoms with Crippen molar-refractivity contribution in [3.8, 4) is 5.75 Å². The normalized spacial score (nSPS) is 12.0. The van der Waals surface area contributed by atoms with E-state index in [9.17, 15) is 9.50 Å². The zero-order chi connectivity index (χ0) is 10.7. The van der Waals surface area contributed by atoms with Crippen molar-refractivity contribution in [1.82, 2.24) is 0 Å². The largest absolute Gasteiger partial charge is 0.507 e. The van der Waals surface area contributed by atoms with Crippen LogP contribution in [0.25, 0.3) is 0 Å². The second kappa shape index (κ2) is 5.93. The van der Waals surface area contributed by atoms with Crippen LogP contribution in [0.2, 0.25) is 0 Å². The molecule has 2 nitrogen and oxygen atoms in total. The Kier molecular flexibility index (Phi) is 5.61. The van der Waals surface area contributed by atoms with Crippen LogP contribution < -0.4 is 5.73 Å². The van der Waals surface area contributed by atoms with Gasteiger partial charge in [-0.25, -0.2) is 0 Å². The molecular formula is C11H17ClFNO. The monoisotopic (exact) mass is 233 g/mol. The molecule has 0 bridgehead atoms. The molecule has 0 unspecified atom stereocenters. The Balaban J connectivity index is 0.00000196. The number of benzene rings is 1. The number of hydrogen-bond acceptors (Lipinski definition) is 2. The number of nitrogens with two attached hydrogens (primary N) is 1. The number of rotatable bonds is 3. The van der Waals surface area contributed by atoms with Gasteiger partial charge in [-0.3, -0.25) is 4.39 Å². The molecule has 1 aromatic carbocycles. The van der Waals surface area contributed by atoms with Crippen molar-refractivity contribution >= 4 is 12.4 Å². The third-order valence-corrected chi connectivity index (χ3v) is 2.36. The van der Waals surface area contributed by atoms with E-state index in [1.165, 1.54) is 0 Å². The van der Waals surface area contributed by atoms with Crippen LogP contribution in [0.3, 0.4) is 0 Å². The van der Waals surface area contributed by atoms with E-state index in [2.05, 4.69) is 0 Å². The van der Waals surface area contributed by atoms with Crippen molar-refractivity contribution in [3.05, 3.63) is 28.8 Å². The third-order valence-electron chi connectivity index (χ3n) is 2.36. The van der Waals surface area contributed by atoms with Gasteiger partial charge in [-0.05, 0) is 37.0 Å². The highest BCUT2D eigenvalue weighted by Crippen LogP contribution is 2.26. The number of aryl methyl sites for hydroxylation is 2. The van der Waals surface area contributed by atoms with Gasteiger partial charge in [0.25, 0.3) is 0 Å². The summed E-state index contributed by atoms with van der Waals surface area (Å²) in [6.07, 6.45) is 0.323. The highest BCUT2D eigenvalue weighted by molar-refractivity contribution is 5.85. The number of alkyl halides is 1. The molecule has 4 heteroatoms. The molecule has 0 amide bonds. The summed E-state index contributed by atoms with van der Waals surface area (Å²) < 4.78 is 12.1. The lowest BCUT2D eigenvalue weighted by Crippen LogP contribution is -2.11. The van der Waals surface area contributed by atoms with Gasteiger partial charge in [0.2, 0.25) is 0 Å². The molecule has 1 atom stereocenters. The van der Waals surface area contributed by atoms with E-state index in [0.29, 0.717) is 12.2 Å². The first-order valence-corrected chi connectivity index (χ1v) is 4.68. The molecule has 0 spiro atoms. The lowest BCUT2D eigenvalue weighted by molar-refractivity contribution is 0.440. The van der Waals surface area contributed by atoms with E-state index in [1.807, 2.05) is 26.0 Å². The zero-order valence-corrected chi connectivity index (χ0v) is 9.77. The molecule has 1 aromatic rings. The highest BCUT2D eigenvalue weighted by atomic mass is 35.5. The summed E-state index contributed by atoms with van der Waals surface area (Å²) in [5.74, 6) is 0.293. The van der Waals surface area contributed by atoms with Crippen molar-refractivity contribution in [2.45, 2.75) is 26.3 Å². The van der Waals surface area contributed by atoms with E-state index in [-0.39, 0.29) is 18.4 Å². The number of phenolic OH excluding ortho intramolecular Hbond substituents is 1. The number of hydrogen-bond donors (Lipinski definition) is 2. The van der Waals surface area contributed by atoms with Gasteiger partial charge in [-0.2, -0.15) is 0 Å². The zero-order valence-electron chi connectivity index (χ0n) is 8.96. The lowest BCUT2D eigenvalue weighted by atomic mass is 9.99. The molecule has 1 rings (SSSR count). The Hall–Kier alpha value is -0.800. The van der Waals surface area contributed by atoms with E-state index in [1.54, 1.807) is 0 Å². The van der Waals surface area contributed by atoms with Gasteiger partial charge in [-0.15, -0.1) is 12.4 Å². The lowest BCUT2D eigenvalue weighted by Gasteiger charge is -2.13. The number of halogens is 2. The maximum Gasteiger partial charge on any atom is 0.121 e. The first-order chi connectivity index (χ1) is 6.56. The average Bonchev–Trinajstić information content (AvgIpc) is 2.13. The van der Waals surface area contributed by atoms with Gasteiger partial charge in [0, 0.05) is 6.04 Å². The van der Waals surface area contributed by atoms with Crippen molar-refractivity contribution < 1.29 is 9.50 Å². The maximum atomic E-state index is 12.1. The molecule has 0 aliphatic heterocycles. The Bertz CT molecular complexity index is 307. The summed E-state index contributed by atoms with van der Waals surface area (Å²) in [7, 11) is 0. The third kappa shape index (κ3) is 3.36. The minimum Gasteiger partial charge on any atom is -0.507 e. The van der Waals surface area contributed by atoms with Crippen LogP contribution >= 0.6 is 12.4 Å².